The molecule has 1 rings (SSSR count). The van der Waals surface area contributed by atoms with Crippen LogP contribution in [0.2, 0.25) is 0 Å². The number of aliphatic hydroxyl groups excluding tert-OH is 1. The Bertz CT molecular complexity index is 217. The smallest absolute Gasteiger partial charge is 0.404 e. The minimum absolute atomic E-state index is 0.0494. The van der Waals surface area contributed by atoms with Gasteiger partial charge in [-0.2, -0.15) is 0 Å². The molecule has 1 aliphatic heterocycles. The van der Waals surface area contributed by atoms with Crippen molar-refractivity contribution < 1.29 is 19.7 Å². The Hall–Kier alpha value is -0.850. The second-order valence-electron chi connectivity index (χ2n) is 4.13. The molecule has 0 aromatic rings. The van der Waals surface area contributed by atoms with E-state index in [-0.39, 0.29) is 6.04 Å². The molecule has 0 saturated carbocycles. The van der Waals surface area contributed by atoms with Crippen LogP contribution >= 0.6 is 0 Å². The molecule has 1 atom stereocenters. The summed E-state index contributed by atoms with van der Waals surface area (Å²) in [4.78, 5) is 12.6. The number of hydrogen-bond donors (Lipinski definition) is 3. The zero-order valence-electron chi connectivity index (χ0n) is 9.56. The zero-order valence-corrected chi connectivity index (χ0v) is 9.56. The van der Waals surface area contributed by atoms with Gasteiger partial charge in [0.15, 0.2) is 0 Å². The van der Waals surface area contributed by atoms with Crippen LogP contribution in [0, 0.1) is 0 Å². The number of nitrogens with zero attached hydrogens (tertiary/aromatic N) is 1. The molecule has 0 aromatic carbocycles. The predicted molar refractivity (Wildman–Crippen MR) is 58.5 cm³/mol. The molecule has 0 radical (unpaired) electrons. The molecule has 16 heavy (non-hydrogen) atoms. The molecule has 1 unspecified atom stereocenters. The lowest BCUT2D eigenvalue weighted by Gasteiger charge is -2.32. The summed E-state index contributed by atoms with van der Waals surface area (Å²) in [7, 11) is 1.56. The average molecular weight is 232 g/mol. The summed E-state index contributed by atoms with van der Waals surface area (Å²) in [5, 5.41) is 20.6. The molecule has 1 heterocycles. The van der Waals surface area contributed by atoms with Crippen molar-refractivity contribution in [1.29, 1.82) is 0 Å². The largest absolute Gasteiger partial charge is 0.465 e. The molecule has 94 valence electrons. The van der Waals surface area contributed by atoms with Gasteiger partial charge in [0.25, 0.3) is 0 Å². The molecule has 1 fully saturated rings. The maximum absolute atomic E-state index is 10.4. The van der Waals surface area contributed by atoms with Gasteiger partial charge in [0.1, 0.15) is 0 Å². The van der Waals surface area contributed by atoms with Crippen LogP contribution in [-0.4, -0.2) is 66.7 Å². The van der Waals surface area contributed by atoms with Crippen molar-refractivity contribution in [1.82, 2.24) is 10.2 Å². The first-order chi connectivity index (χ1) is 7.61. The minimum atomic E-state index is -0.960. The lowest BCUT2D eigenvalue weighted by Crippen LogP contribution is -2.46. The second kappa shape index (κ2) is 6.67. The van der Waals surface area contributed by atoms with Gasteiger partial charge >= 0.3 is 6.09 Å². The number of piperidine rings is 1. The van der Waals surface area contributed by atoms with Crippen LogP contribution < -0.4 is 5.32 Å². The van der Waals surface area contributed by atoms with E-state index in [9.17, 15) is 9.90 Å². The third kappa shape index (κ3) is 4.78. The molecule has 0 spiro atoms. The second-order valence-corrected chi connectivity index (χ2v) is 4.13. The number of aliphatic hydroxyl groups is 1. The van der Waals surface area contributed by atoms with Gasteiger partial charge in [-0.25, -0.2) is 4.79 Å². The molecular weight excluding hydrogens is 212 g/mol. The molecule has 6 nitrogen and oxygen atoms in total. The lowest BCUT2D eigenvalue weighted by atomic mass is 10.1. The van der Waals surface area contributed by atoms with E-state index >= 15 is 0 Å². The summed E-state index contributed by atoms with van der Waals surface area (Å²) in [5.74, 6) is 0. The van der Waals surface area contributed by atoms with Gasteiger partial charge in [0.2, 0.25) is 0 Å². The van der Waals surface area contributed by atoms with Gasteiger partial charge in [0, 0.05) is 32.8 Å². The Kier molecular flexibility index (Phi) is 5.51. The quantitative estimate of drug-likeness (QED) is 0.607. The van der Waals surface area contributed by atoms with Gasteiger partial charge in [-0.05, 0) is 12.8 Å². The van der Waals surface area contributed by atoms with E-state index in [0.717, 1.165) is 25.9 Å². The number of rotatable bonds is 5. The summed E-state index contributed by atoms with van der Waals surface area (Å²) in [6.07, 6.45) is 0.171. The first kappa shape index (κ1) is 13.2. The number of amides is 1. The fraction of sp³-hybridized carbons (Fsp3) is 0.900. The zero-order chi connectivity index (χ0) is 12.0. The molecule has 3 N–H and O–H groups in total. The first-order valence-electron chi connectivity index (χ1n) is 5.50. The number of hydrogen-bond acceptors (Lipinski definition) is 4. The Labute approximate surface area is 95.2 Å². The van der Waals surface area contributed by atoms with E-state index in [1.165, 1.54) is 0 Å². The van der Waals surface area contributed by atoms with Crippen LogP contribution in [0.5, 0.6) is 0 Å². The Morgan fingerprint density at radius 3 is 2.69 bits per heavy atom. The molecular formula is C10H20N2O4. The minimum Gasteiger partial charge on any atom is -0.465 e. The molecule has 0 bridgehead atoms. The van der Waals surface area contributed by atoms with E-state index in [4.69, 9.17) is 9.84 Å². The molecule has 0 aliphatic carbocycles. The van der Waals surface area contributed by atoms with E-state index in [1.807, 2.05) is 0 Å². The monoisotopic (exact) mass is 232 g/mol. The number of likely N-dealkylation sites (tertiary alicyclic amines) is 1. The molecule has 0 aromatic heterocycles. The van der Waals surface area contributed by atoms with Gasteiger partial charge in [-0.1, -0.05) is 0 Å². The van der Waals surface area contributed by atoms with Crippen LogP contribution in [0.25, 0.3) is 0 Å². The van der Waals surface area contributed by atoms with E-state index in [2.05, 4.69) is 10.2 Å². The van der Waals surface area contributed by atoms with Gasteiger partial charge in [-0.3, -0.25) is 0 Å². The summed E-state index contributed by atoms with van der Waals surface area (Å²) in [6, 6.07) is 0.0494. The predicted octanol–water partition coefficient (Wildman–Crippen LogP) is -0.274. The number of carboxylic acid groups (broad SMARTS) is 1. The highest BCUT2D eigenvalue weighted by molar-refractivity contribution is 5.64. The molecule has 1 amide bonds. The van der Waals surface area contributed by atoms with Gasteiger partial charge < -0.3 is 25.2 Å². The van der Waals surface area contributed by atoms with Crippen LogP contribution in [0.1, 0.15) is 12.8 Å². The summed E-state index contributed by atoms with van der Waals surface area (Å²) in [5.41, 5.74) is 0. The van der Waals surface area contributed by atoms with E-state index < -0.39 is 12.2 Å². The number of methoxy groups -OCH3 is 1. The normalized spacial score (nSPS) is 20.6. The van der Waals surface area contributed by atoms with Crippen molar-refractivity contribution >= 4 is 6.09 Å². The standard InChI is InChI=1S/C10H20N2O4/c1-16-7-9(13)6-12-4-2-8(3-5-12)11-10(14)15/h8-9,11,13H,2-7H2,1H3,(H,14,15). The van der Waals surface area contributed by atoms with Crippen molar-refractivity contribution in [3.05, 3.63) is 0 Å². The van der Waals surface area contributed by atoms with Gasteiger partial charge in [-0.15, -0.1) is 0 Å². The summed E-state index contributed by atoms with van der Waals surface area (Å²) < 4.78 is 4.85. The van der Waals surface area contributed by atoms with Crippen molar-refractivity contribution in [2.24, 2.45) is 0 Å². The Balaban J connectivity index is 2.18. The topological polar surface area (TPSA) is 82.0 Å². The Morgan fingerprint density at radius 1 is 1.56 bits per heavy atom. The average Bonchev–Trinajstić information content (AvgIpc) is 2.20. The maximum Gasteiger partial charge on any atom is 0.404 e. The third-order valence-corrected chi connectivity index (χ3v) is 2.74. The fourth-order valence-electron chi connectivity index (χ4n) is 1.98. The summed E-state index contributed by atoms with van der Waals surface area (Å²) in [6.45, 7) is 2.55. The fourth-order valence-corrected chi connectivity index (χ4v) is 1.98. The van der Waals surface area contributed by atoms with E-state index in [1.54, 1.807) is 7.11 Å². The highest BCUT2D eigenvalue weighted by atomic mass is 16.5. The molecule has 1 aliphatic rings. The highest BCUT2D eigenvalue weighted by Crippen LogP contribution is 2.10. The van der Waals surface area contributed by atoms with Crippen molar-refractivity contribution in [3.8, 4) is 0 Å². The number of β-amino-alcohol motifs (C(OH)–C–C–N with tert-alkyl or cyclic N) is 1. The van der Waals surface area contributed by atoms with Crippen LogP contribution in [0.3, 0.4) is 0 Å². The molecule has 6 heteroatoms. The lowest BCUT2D eigenvalue weighted by molar-refractivity contribution is 0.0311. The van der Waals surface area contributed by atoms with Crippen molar-refractivity contribution in [3.63, 3.8) is 0 Å². The van der Waals surface area contributed by atoms with Crippen molar-refractivity contribution in [2.45, 2.75) is 25.0 Å². The Morgan fingerprint density at radius 2 is 2.19 bits per heavy atom. The maximum atomic E-state index is 10.4. The van der Waals surface area contributed by atoms with Gasteiger partial charge in [0.05, 0.1) is 12.7 Å². The molecule has 1 saturated heterocycles. The highest BCUT2D eigenvalue weighted by Gasteiger charge is 2.21. The number of ether oxygens (including phenoxy) is 1. The van der Waals surface area contributed by atoms with Crippen LogP contribution in [-0.2, 0) is 4.74 Å². The van der Waals surface area contributed by atoms with Crippen LogP contribution in [0.15, 0.2) is 0 Å². The number of carbonyl (C=O) groups is 1. The van der Waals surface area contributed by atoms with Crippen molar-refractivity contribution in [2.75, 3.05) is 33.4 Å². The van der Waals surface area contributed by atoms with Crippen LogP contribution in [0.4, 0.5) is 4.79 Å². The SMILES string of the molecule is COCC(O)CN1CCC(NC(=O)O)CC1. The first-order valence-corrected chi connectivity index (χ1v) is 5.50. The van der Waals surface area contributed by atoms with E-state index in [0.29, 0.717) is 13.2 Å². The number of nitrogens with one attached hydrogen (secondary N) is 1. The summed E-state index contributed by atoms with van der Waals surface area (Å²) >= 11 is 0. The third-order valence-electron chi connectivity index (χ3n) is 2.74.